The van der Waals surface area contributed by atoms with Crippen LogP contribution in [0.25, 0.3) is 0 Å². The van der Waals surface area contributed by atoms with Gasteiger partial charge in [0.1, 0.15) is 0 Å². The van der Waals surface area contributed by atoms with Crippen LogP contribution in [0.4, 0.5) is 0 Å². The molecule has 1 fully saturated rings. The van der Waals surface area contributed by atoms with Gasteiger partial charge in [-0.2, -0.15) is 0 Å². The van der Waals surface area contributed by atoms with Gasteiger partial charge in [0.2, 0.25) is 6.41 Å². The van der Waals surface area contributed by atoms with E-state index < -0.39 is 0 Å². The Labute approximate surface area is 48.5 Å². The summed E-state index contributed by atoms with van der Waals surface area (Å²) in [6.07, 6.45) is 1.81. The monoisotopic (exact) mass is 114 g/mol. The number of hydrogen-bond donors (Lipinski definition) is 1. The summed E-state index contributed by atoms with van der Waals surface area (Å²) in [4.78, 5) is 11.7. The van der Waals surface area contributed by atoms with Crippen LogP contribution >= 0.6 is 0 Å². The minimum absolute atomic E-state index is 0.222. The Hall–Kier alpha value is -0.570. The first-order chi connectivity index (χ1) is 3.83. The third-order valence-corrected chi connectivity index (χ3v) is 1.41. The molecule has 0 saturated carbocycles. The summed E-state index contributed by atoms with van der Waals surface area (Å²) in [5.41, 5.74) is 5.50. The molecule has 0 aromatic heterocycles. The second-order valence-corrected chi connectivity index (χ2v) is 2.15. The number of amides is 1. The molecule has 1 aliphatic rings. The van der Waals surface area contributed by atoms with Gasteiger partial charge in [0.15, 0.2) is 0 Å². The van der Waals surface area contributed by atoms with Crippen molar-refractivity contribution < 1.29 is 4.79 Å². The van der Waals surface area contributed by atoms with E-state index in [1.807, 2.05) is 0 Å². The van der Waals surface area contributed by atoms with E-state index >= 15 is 0 Å². The third-order valence-electron chi connectivity index (χ3n) is 1.41. The first kappa shape index (κ1) is 5.56. The number of hydrogen-bond acceptors (Lipinski definition) is 2. The van der Waals surface area contributed by atoms with Crippen LogP contribution in [-0.4, -0.2) is 30.4 Å². The average molecular weight is 114 g/mol. The first-order valence-electron chi connectivity index (χ1n) is 2.78. The molecule has 1 amide bonds. The highest BCUT2D eigenvalue weighted by atomic mass is 16.1. The van der Waals surface area contributed by atoms with Gasteiger partial charge in [0.25, 0.3) is 0 Å². The zero-order valence-corrected chi connectivity index (χ0v) is 4.71. The van der Waals surface area contributed by atoms with Crippen molar-refractivity contribution in [1.29, 1.82) is 0 Å². The number of rotatable bonds is 1. The molecular formula is C5H10N2O. The molecule has 46 valence electrons. The summed E-state index contributed by atoms with van der Waals surface area (Å²) in [5.74, 6) is 0. The molecule has 3 heteroatoms. The lowest BCUT2D eigenvalue weighted by Gasteiger charge is -2.04. The Morgan fingerprint density at radius 1 is 1.75 bits per heavy atom. The van der Waals surface area contributed by atoms with Gasteiger partial charge in [-0.15, -0.1) is 0 Å². The molecule has 1 saturated heterocycles. The minimum atomic E-state index is 0.222. The predicted molar refractivity (Wildman–Crippen MR) is 30.2 cm³/mol. The second kappa shape index (κ2) is 2.13. The molecule has 0 aromatic rings. The zero-order chi connectivity index (χ0) is 5.98. The van der Waals surface area contributed by atoms with Gasteiger partial charge in [-0.05, 0) is 6.42 Å². The minimum Gasteiger partial charge on any atom is -0.344 e. The van der Waals surface area contributed by atoms with Gasteiger partial charge in [0, 0.05) is 19.1 Å². The highest BCUT2D eigenvalue weighted by molar-refractivity contribution is 5.47. The fourth-order valence-corrected chi connectivity index (χ4v) is 0.911. The van der Waals surface area contributed by atoms with E-state index in [9.17, 15) is 4.79 Å². The van der Waals surface area contributed by atoms with E-state index in [4.69, 9.17) is 5.73 Å². The molecule has 8 heavy (non-hydrogen) atoms. The Morgan fingerprint density at radius 3 is 2.75 bits per heavy atom. The average Bonchev–Trinajstić information content (AvgIpc) is 2.14. The molecule has 0 aromatic carbocycles. The van der Waals surface area contributed by atoms with Crippen molar-refractivity contribution in [2.75, 3.05) is 13.1 Å². The van der Waals surface area contributed by atoms with E-state index in [1.165, 1.54) is 0 Å². The fourth-order valence-electron chi connectivity index (χ4n) is 0.911. The van der Waals surface area contributed by atoms with Crippen LogP contribution in [0.15, 0.2) is 0 Å². The predicted octanol–water partition coefficient (Wildman–Crippen LogP) is -0.824. The van der Waals surface area contributed by atoms with Gasteiger partial charge in [-0.1, -0.05) is 0 Å². The van der Waals surface area contributed by atoms with Crippen molar-refractivity contribution in [3.63, 3.8) is 0 Å². The number of likely N-dealkylation sites (tertiary alicyclic amines) is 1. The second-order valence-electron chi connectivity index (χ2n) is 2.15. The molecule has 0 aliphatic carbocycles. The zero-order valence-electron chi connectivity index (χ0n) is 4.71. The van der Waals surface area contributed by atoms with Crippen molar-refractivity contribution in [3.8, 4) is 0 Å². The summed E-state index contributed by atoms with van der Waals surface area (Å²) in [6, 6.07) is 0.222. The standard InChI is InChI=1S/C5H10N2O/c6-5-1-2-7(3-5)4-8/h4-5H,1-3,6H2. The molecule has 0 spiro atoms. The lowest BCUT2D eigenvalue weighted by molar-refractivity contribution is -0.117. The number of nitrogens with zero attached hydrogens (tertiary/aromatic N) is 1. The maximum atomic E-state index is 10.0. The van der Waals surface area contributed by atoms with Gasteiger partial charge in [-0.3, -0.25) is 4.79 Å². The van der Waals surface area contributed by atoms with Gasteiger partial charge in [-0.25, -0.2) is 0 Å². The number of carbonyl (C=O) groups is 1. The quantitative estimate of drug-likeness (QED) is 0.452. The molecule has 3 nitrogen and oxygen atoms in total. The normalized spacial score (nSPS) is 28.6. The molecule has 1 aliphatic heterocycles. The lowest BCUT2D eigenvalue weighted by atomic mass is 10.3. The SMILES string of the molecule is NC1CCN(C=O)C1. The van der Waals surface area contributed by atoms with Crippen LogP contribution in [-0.2, 0) is 4.79 Å². The van der Waals surface area contributed by atoms with E-state index in [-0.39, 0.29) is 6.04 Å². The van der Waals surface area contributed by atoms with Crippen LogP contribution in [0.1, 0.15) is 6.42 Å². The van der Waals surface area contributed by atoms with Crippen LogP contribution in [0, 0.1) is 0 Å². The third kappa shape index (κ3) is 0.980. The number of nitrogens with two attached hydrogens (primary N) is 1. The molecular weight excluding hydrogens is 104 g/mol. The van der Waals surface area contributed by atoms with Gasteiger partial charge >= 0.3 is 0 Å². The molecule has 1 unspecified atom stereocenters. The Bertz CT molecular complexity index is 94.4. The summed E-state index contributed by atoms with van der Waals surface area (Å²) >= 11 is 0. The van der Waals surface area contributed by atoms with E-state index in [0.717, 1.165) is 25.9 Å². The Morgan fingerprint density at radius 2 is 2.50 bits per heavy atom. The highest BCUT2D eigenvalue weighted by Crippen LogP contribution is 2.02. The lowest BCUT2D eigenvalue weighted by Crippen LogP contribution is -2.25. The van der Waals surface area contributed by atoms with Crippen molar-refractivity contribution in [3.05, 3.63) is 0 Å². The summed E-state index contributed by atoms with van der Waals surface area (Å²) in [6.45, 7) is 1.58. The number of carbonyl (C=O) groups excluding carboxylic acids is 1. The summed E-state index contributed by atoms with van der Waals surface area (Å²) in [5, 5.41) is 0. The molecule has 0 bridgehead atoms. The van der Waals surface area contributed by atoms with Crippen LogP contribution < -0.4 is 5.73 Å². The van der Waals surface area contributed by atoms with Crippen LogP contribution in [0.3, 0.4) is 0 Å². The summed E-state index contributed by atoms with van der Waals surface area (Å²) < 4.78 is 0. The highest BCUT2D eigenvalue weighted by Gasteiger charge is 2.15. The topological polar surface area (TPSA) is 46.3 Å². The Kier molecular flexibility index (Phi) is 1.48. The largest absolute Gasteiger partial charge is 0.344 e. The molecule has 1 heterocycles. The van der Waals surface area contributed by atoms with E-state index in [2.05, 4.69) is 0 Å². The Balaban J connectivity index is 2.32. The van der Waals surface area contributed by atoms with Crippen molar-refractivity contribution in [2.45, 2.75) is 12.5 Å². The molecule has 1 atom stereocenters. The van der Waals surface area contributed by atoms with Crippen molar-refractivity contribution in [1.82, 2.24) is 4.90 Å². The first-order valence-corrected chi connectivity index (χ1v) is 2.78. The van der Waals surface area contributed by atoms with Gasteiger partial charge in [0.05, 0.1) is 0 Å². The van der Waals surface area contributed by atoms with E-state index in [0.29, 0.717) is 0 Å². The van der Waals surface area contributed by atoms with Crippen molar-refractivity contribution >= 4 is 6.41 Å². The van der Waals surface area contributed by atoms with Gasteiger partial charge < -0.3 is 10.6 Å². The van der Waals surface area contributed by atoms with E-state index in [1.54, 1.807) is 4.90 Å². The maximum Gasteiger partial charge on any atom is 0.209 e. The molecule has 0 radical (unpaired) electrons. The molecule has 2 N–H and O–H groups in total. The smallest absolute Gasteiger partial charge is 0.209 e. The molecule has 1 rings (SSSR count). The summed E-state index contributed by atoms with van der Waals surface area (Å²) in [7, 11) is 0. The van der Waals surface area contributed by atoms with Crippen LogP contribution in [0.2, 0.25) is 0 Å². The fraction of sp³-hybridized carbons (Fsp3) is 0.800. The van der Waals surface area contributed by atoms with Crippen molar-refractivity contribution in [2.24, 2.45) is 5.73 Å². The van der Waals surface area contributed by atoms with Crippen LogP contribution in [0.5, 0.6) is 0 Å². The maximum absolute atomic E-state index is 10.0.